The molecular formula is C15H20N4O. The molecule has 1 amide bonds. The standard InChI is InChI=1S/C15H20N4O/c1-10-4-6-12(7-5-10)11(2)18-15(20)14(16)13-8-17-19(3)9-13/h4-9,11,14H,16H2,1-3H3,(H,18,20)/t11-,14?/m1/s1. The minimum Gasteiger partial charge on any atom is -0.348 e. The first-order valence-corrected chi connectivity index (χ1v) is 6.58. The van der Waals surface area contributed by atoms with Crippen LogP contribution in [-0.2, 0) is 11.8 Å². The Morgan fingerprint density at radius 1 is 1.30 bits per heavy atom. The molecule has 0 radical (unpaired) electrons. The van der Waals surface area contributed by atoms with Crippen LogP contribution in [0.5, 0.6) is 0 Å². The summed E-state index contributed by atoms with van der Waals surface area (Å²) in [6.07, 6.45) is 3.36. The van der Waals surface area contributed by atoms with Crippen molar-refractivity contribution in [3.63, 3.8) is 0 Å². The highest BCUT2D eigenvalue weighted by molar-refractivity contribution is 5.83. The van der Waals surface area contributed by atoms with Crippen molar-refractivity contribution in [2.45, 2.75) is 25.9 Å². The molecule has 0 aliphatic carbocycles. The summed E-state index contributed by atoms with van der Waals surface area (Å²) in [5, 5.41) is 6.95. The number of carbonyl (C=O) groups is 1. The molecule has 0 spiro atoms. The van der Waals surface area contributed by atoms with Crippen LogP contribution in [0.25, 0.3) is 0 Å². The van der Waals surface area contributed by atoms with Crippen molar-refractivity contribution in [2.75, 3.05) is 0 Å². The Labute approximate surface area is 118 Å². The summed E-state index contributed by atoms with van der Waals surface area (Å²) in [5.41, 5.74) is 8.90. The number of nitrogens with one attached hydrogen (secondary N) is 1. The zero-order valence-electron chi connectivity index (χ0n) is 12.0. The van der Waals surface area contributed by atoms with E-state index < -0.39 is 6.04 Å². The molecule has 1 aromatic carbocycles. The van der Waals surface area contributed by atoms with Crippen molar-refractivity contribution in [1.29, 1.82) is 0 Å². The lowest BCUT2D eigenvalue weighted by Gasteiger charge is -2.17. The number of benzene rings is 1. The highest BCUT2D eigenvalue weighted by Crippen LogP contribution is 2.15. The summed E-state index contributed by atoms with van der Waals surface area (Å²) in [7, 11) is 1.79. The third-order valence-corrected chi connectivity index (χ3v) is 3.30. The number of aromatic nitrogens is 2. The molecule has 0 bridgehead atoms. The van der Waals surface area contributed by atoms with Gasteiger partial charge in [0.1, 0.15) is 6.04 Å². The smallest absolute Gasteiger partial charge is 0.242 e. The maximum Gasteiger partial charge on any atom is 0.242 e. The van der Waals surface area contributed by atoms with Gasteiger partial charge in [0.25, 0.3) is 0 Å². The molecule has 0 fully saturated rings. The molecule has 0 aliphatic rings. The van der Waals surface area contributed by atoms with Crippen LogP contribution < -0.4 is 11.1 Å². The maximum atomic E-state index is 12.1. The van der Waals surface area contributed by atoms with Crippen LogP contribution in [0.2, 0.25) is 0 Å². The second kappa shape index (κ2) is 5.88. The van der Waals surface area contributed by atoms with Gasteiger partial charge in [-0.25, -0.2) is 0 Å². The van der Waals surface area contributed by atoms with Gasteiger partial charge in [-0.1, -0.05) is 29.8 Å². The zero-order valence-corrected chi connectivity index (χ0v) is 12.0. The van der Waals surface area contributed by atoms with Crippen LogP contribution in [0, 0.1) is 6.92 Å². The van der Waals surface area contributed by atoms with Gasteiger partial charge in [-0.05, 0) is 19.4 Å². The number of carbonyl (C=O) groups excluding carboxylic acids is 1. The van der Waals surface area contributed by atoms with Gasteiger partial charge >= 0.3 is 0 Å². The van der Waals surface area contributed by atoms with Crippen molar-refractivity contribution in [3.8, 4) is 0 Å². The average Bonchev–Trinajstić information content (AvgIpc) is 2.85. The molecule has 3 N–H and O–H groups in total. The third-order valence-electron chi connectivity index (χ3n) is 3.30. The predicted octanol–water partition coefficient (Wildman–Crippen LogP) is 1.61. The number of rotatable bonds is 4. The van der Waals surface area contributed by atoms with E-state index in [0.29, 0.717) is 5.56 Å². The molecule has 20 heavy (non-hydrogen) atoms. The van der Waals surface area contributed by atoms with Gasteiger partial charge in [-0.15, -0.1) is 0 Å². The highest BCUT2D eigenvalue weighted by atomic mass is 16.2. The molecule has 106 valence electrons. The summed E-state index contributed by atoms with van der Waals surface area (Å²) in [5.74, 6) is -0.203. The summed E-state index contributed by atoms with van der Waals surface area (Å²) < 4.78 is 1.63. The van der Waals surface area contributed by atoms with Crippen LogP contribution in [0.1, 0.15) is 35.7 Å². The van der Waals surface area contributed by atoms with Gasteiger partial charge in [0.15, 0.2) is 0 Å². The molecule has 5 heteroatoms. The average molecular weight is 272 g/mol. The summed E-state index contributed by atoms with van der Waals surface area (Å²) >= 11 is 0. The Kier molecular flexibility index (Phi) is 4.20. The molecule has 0 saturated heterocycles. The first-order valence-electron chi connectivity index (χ1n) is 6.58. The van der Waals surface area contributed by atoms with Crippen LogP contribution in [-0.4, -0.2) is 15.7 Å². The molecule has 1 heterocycles. The monoisotopic (exact) mass is 272 g/mol. The predicted molar refractivity (Wildman–Crippen MR) is 77.9 cm³/mol. The number of amides is 1. The zero-order chi connectivity index (χ0) is 14.7. The largest absolute Gasteiger partial charge is 0.348 e. The second-order valence-corrected chi connectivity index (χ2v) is 5.07. The first-order chi connectivity index (χ1) is 9.47. The molecule has 1 aromatic heterocycles. The quantitative estimate of drug-likeness (QED) is 0.888. The van der Waals surface area contributed by atoms with E-state index in [4.69, 9.17) is 5.73 Å². The van der Waals surface area contributed by atoms with E-state index in [1.807, 2.05) is 38.1 Å². The van der Waals surface area contributed by atoms with E-state index in [9.17, 15) is 4.79 Å². The summed E-state index contributed by atoms with van der Waals surface area (Å²) in [4.78, 5) is 12.1. The number of nitrogens with two attached hydrogens (primary N) is 1. The molecule has 1 unspecified atom stereocenters. The van der Waals surface area contributed by atoms with Gasteiger partial charge < -0.3 is 11.1 Å². The molecule has 2 atom stereocenters. The number of hydrogen-bond acceptors (Lipinski definition) is 3. The first kappa shape index (κ1) is 14.3. The van der Waals surface area contributed by atoms with Gasteiger partial charge in [-0.2, -0.15) is 5.10 Å². The van der Waals surface area contributed by atoms with Crippen LogP contribution in [0.4, 0.5) is 0 Å². The van der Waals surface area contributed by atoms with Crippen LogP contribution in [0.15, 0.2) is 36.7 Å². The van der Waals surface area contributed by atoms with Crippen molar-refractivity contribution >= 4 is 5.91 Å². The lowest BCUT2D eigenvalue weighted by atomic mass is 10.1. The number of aryl methyl sites for hydroxylation is 2. The third kappa shape index (κ3) is 3.24. The normalized spacial score (nSPS) is 13.8. The van der Waals surface area contributed by atoms with E-state index >= 15 is 0 Å². The summed E-state index contributed by atoms with van der Waals surface area (Å²) in [6.45, 7) is 3.98. The Hall–Kier alpha value is -2.14. The number of hydrogen-bond donors (Lipinski definition) is 2. The summed E-state index contributed by atoms with van der Waals surface area (Å²) in [6, 6.07) is 7.30. The van der Waals surface area contributed by atoms with Crippen molar-refractivity contribution in [2.24, 2.45) is 12.8 Å². The van der Waals surface area contributed by atoms with E-state index in [-0.39, 0.29) is 11.9 Å². The molecule has 0 saturated carbocycles. The lowest BCUT2D eigenvalue weighted by Crippen LogP contribution is -2.35. The van der Waals surface area contributed by atoms with E-state index in [2.05, 4.69) is 10.4 Å². The van der Waals surface area contributed by atoms with E-state index in [0.717, 1.165) is 5.56 Å². The van der Waals surface area contributed by atoms with Gasteiger partial charge in [0.05, 0.1) is 12.2 Å². The van der Waals surface area contributed by atoms with E-state index in [1.54, 1.807) is 24.1 Å². The van der Waals surface area contributed by atoms with Crippen molar-refractivity contribution in [3.05, 3.63) is 53.3 Å². The minimum atomic E-state index is -0.698. The molecule has 0 aliphatic heterocycles. The SMILES string of the molecule is Cc1ccc([C@@H](C)NC(=O)C(N)c2cnn(C)c2)cc1. The Balaban J connectivity index is 2.02. The Morgan fingerprint density at radius 2 is 1.95 bits per heavy atom. The minimum absolute atomic E-state index is 0.0779. The Bertz CT molecular complexity index is 588. The van der Waals surface area contributed by atoms with Crippen LogP contribution in [0.3, 0.4) is 0 Å². The molecular weight excluding hydrogens is 252 g/mol. The van der Waals surface area contributed by atoms with Crippen LogP contribution >= 0.6 is 0 Å². The van der Waals surface area contributed by atoms with Crippen molar-refractivity contribution in [1.82, 2.24) is 15.1 Å². The lowest BCUT2D eigenvalue weighted by molar-refractivity contribution is -0.123. The Morgan fingerprint density at radius 3 is 2.50 bits per heavy atom. The van der Waals surface area contributed by atoms with Crippen molar-refractivity contribution < 1.29 is 4.79 Å². The molecule has 5 nitrogen and oxygen atoms in total. The van der Waals surface area contributed by atoms with Gasteiger partial charge in [0, 0.05) is 18.8 Å². The number of nitrogens with zero attached hydrogens (tertiary/aromatic N) is 2. The molecule has 2 aromatic rings. The molecule has 2 rings (SSSR count). The fraction of sp³-hybridized carbons (Fsp3) is 0.333. The van der Waals surface area contributed by atoms with Gasteiger partial charge in [0.2, 0.25) is 5.91 Å². The fourth-order valence-corrected chi connectivity index (χ4v) is 1.99. The van der Waals surface area contributed by atoms with Gasteiger partial charge in [-0.3, -0.25) is 9.48 Å². The van der Waals surface area contributed by atoms with E-state index in [1.165, 1.54) is 5.56 Å². The second-order valence-electron chi connectivity index (χ2n) is 5.07. The maximum absolute atomic E-state index is 12.1. The fourth-order valence-electron chi connectivity index (χ4n) is 1.99. The highest BCUT2D eigenvalue weighted by Gasteiger charge is 2.19. The topological polar surface area (TPSA) is 72.9 Å².